The minimum atomic E-state index is -0.349. The molecule has 1 fully saturated rings. The first-order chi connectivity index (χ1) is 13.9. The summed E-state index contributed by atoms with van der Waals surface area (Å²) >= 11 is 6.86. The zero-order valence-corrected chi connectivity index (χ0v) is 19.1. The lowest BCUT2D eigenvalue weighted by atomic mass is 10.1. The summed E-state index contributed by atoms with van der Waals surface area (Å²) in [6, 6.07) is 10.7. The largest absolute Gasteiger partial charge is 0.482 e. The Balaban J connectivity index is 1.59. The summed E-state index contributed by atoms with van der Waals surface area (Å²) in [4.78, 5) is 24.9. The van der Waals surface area contributed by atoms with E-state index in [9.17, 15) is 9.59 Å². The highest BCUT2D eigenvalue weighted by Gasteiger charge is 2.19. The van der Waals surface area contributed by atoms with Crippen molar-refractivity contribution in [2.75, 3.05) is 25.1 Å². The first kappa shape index (κ1) is 21.8. The summed E-state index contributed by atoms with van der Waals surface area (Å²) in [5.74, 6) is 0.00773. The van der Waals surface area contributed by atoms with Crippen LogP contribution in [0.1, 0.15) is 28.8 Å². The third-order valence-corrected chi connectivity index (χ3v) is 5.55. The molecule has 0 radical (unpaired) electrons. The SMILES string of the molecule is Cc1cc(Br)cc(Br)c1OCC(=O)Nc1ccccc1C(=O)NCC1CCCO1. The number of amides is 2. The van der Waals surface area contributed by atoms with E-state index in [1.807, 2.05) is 19.1 Å². The molecule has 1 unspecified atom stereocenters. The summed E-state index contributed by atoms with van der Waals surface area (Å²) < 4.78 is 12.9. The molecule has 0 aliphatic carbocycles. The van der Waals surface area contributed by atoms with E-state index in [1.165, 1.54) is 0 Å². The van der Waals surface area contributed by atoms with Gasteiger partial charge in [0.15, 0.2) is 6.61 Å². The van der Waals surface area contributed by atoms with Crippen LogP contribution in [0.25, 0.3) is 0 Å². The maximum absolute atomic E-state index is 12.5. The van der Waals surface area contributed by atoms with Crippen LogP contribution in [0.3, 0.4) is 0 Å². The highest BCUT2D eigenvalue weighted by atomic mass is 79.9. The quantitative estimate of drug-likeness (QED) is 0.560. The van der Waals surface area contributed by atoms with Crippen LogP contribution >= 0.6 is 31.9 Å². The fourth-order valence-corrected chi connectivity index (χ4v) is 4.65. The van der Waals surface area contributed by atoms with Crippen molar-refractivity contribution in [1.82, 2.24) is 5.32 Å². The number of carbonyl (C=O) groups excluding carboxylic acids is 2. The number of aryl methyl sites for hydroxylation is 1. The molecule has 2 amide bonds. The number of rotatable bonds is 7. The number of para-hydroxylation sites is 1. The Kier molecular flexibility index (Phi) is 7.69. The van der Waals surface area contributed by atoms with Gasteiger partial charge >= 0.3 is 0 Å². The normalized spacial score (nSPS) is 15.8. The number of carbonyl (C=O) groups is 2. The zero-order chi connectivity index (χ0) is 20.8. The van der Waals surface area contributed by atoms with E-state index in [1.54, 1.807) is 24.3 Å². The summed E-state index contributed by atoms with van der Waals surface area (Å²) in [5.41, 5.74) is 1.74. The molecule has 1 saturated heterocycles. The van der Waals surface area contributed by atoms with Gasteiger partial charge in [-0.3, -0.25) is 9.59 Å². The predicted molar refractivity (Wildman–Crippen MR) is 118 cm³/mol. The van der Waals surface area contributed by atoms with Gasteiger partial charge in [-0.25, -0.2) is 0 Å². The Labute approximate surface area is 186 Å². The summed E-state index contributed by atoms with van der Waals surface area (Å²) in [7, 11) is 0. The fraction of sp³-hybridized carbons (Fsp3) is 0.333. The lowest BCUT2D eigenvalue weighted by Gasteiger charge is -2.15. The van der Waals surface area contributed by atoms with Crippen molar-refractivity contribution in [3.05, 3.63) is 56.5 Å². The van der Waals surface area contributed by atoms with Gasteiger partial charge in [-0.2, -0.15) is 0 Å². The third kappa shape index (κ3) is 6.04. The van der Waals surface area contributed by atoms with E-state index in [0.29, 0.717) is 23.5 Å². The van der Waals surface area contributed by atoms with Crippen molar-refractivity contribution < 1.29 is 19.1 Å². The molecule has 0 aromatic heterocycles. The van der Waals surface area contributed by atoms with Crippen LogP contribution in [-0.4, -0.2) is 37.7 Å². The van der Waals surface area contributed by atoms with Gasteiger partial charge < -0.3 is 20.1 Å². The molecule has 1 aliphatic rings. The molecule has 29 heavy (non-hydrogen) atoms. The maximum Gasteiger partial charge on any atom is 0.262 e. The molecule has 3 rings (SSSR count). The summed E-state index contributed by atoms with van der Waals surface area (Å²) in [5, 5.41) is 5.63. The van der Waals surface area contributed by atoms with Gasteiger partial charge in [0.05, 0.1) is 21.8 Å². The molecule has 1 atom stereocenters. The van der Waals surface area contributed by atoms with E-state index in [2.05, 4.69) is 42.5 Å². The van der Waals surface area contributed by atoms with Gasteiger partial charge in [0, 0.05) is 17.6 Å². The lowest BCUT2D eigenvalue weighted by Crippen LogP contribution is -2.32. The van der Waals surface area contributed by atoms with E-state index in [4.69, 9.17) is 9.47 Å². The number of nitrogens with one attached hydrogen (secondary N) is 2. The van der Waals surface area contributed by atoms with Crippen molar-refractivity contribution in [3.8, 4) is 5.75 Å². The maximum atomic E-state index is 12.5. The first-order valence-corrected chi connectivity index (χ1v) is 10.9. The van der Waals surface area contributed by atoms with Crippen molar-refractivity contribution in [2.24, 2.45) is 0 Å². The average molecular weight is 526 g/mol. The van der Waals surface area contributed by atoms with Gasteiger partial charge in [0.1, 0.15) is 5.75 Å². The van der Waals surface area contributed by atoms with Crippen LogP contribution in [0.5, 0.6) is 5.75 Å². The van der Waals surface area contributed by atoms with Crippen molar-refractivity contribution >= 4 is 49.4 Å². The Morgan fingerprint density at radius 3 is 2.76 bits per heavy atom. The number of hydrogen-bond acceptors (Lipinski definition) is 4. The summed E-state index contributed by atoms with van der Waals surface area (Å²) in [6.07, 6.45) is 2.02. The number of anilines is 1. The topological polar surface area (TPSA) is 76.7 Å². The molecule has 2 aromatic carbocycles. The Hall–Kier alpha value is -1.90. The van der Waals surface area contributed by atoms with E-state index in [-0.39, 0.29) is 24.5 Å². The van der Waals surface area contributed by atoms with E-state index >= 15 is 0 Å². The molecular formula is C21H22Br2N2O4. The molecule has 6 nitrogen and oxygen atoms in total. The molecule has 2 N–H and O–H groups in total. The van der Waals surface area contributed by atoms with Crippen molar-refractivity contribution in [2.45, 2.75) is 25.9 Å². The molecule has 154 valence electrons. The average Bonchev–Trinajstić information content (AvgIpc) is 3.19. The molecule has 1 heterocycles. The van der Waals surface area contributed by atoms with E-state index < -0.39 is 0 Å². The number of hydrogen-bond donors (Lipinski definition) is 2. The lowest BCUT2D eigenvalue weighted by molar-refractivity contribution is -0.118. The highest BCUT2D eigenvalue weighted by molar-refractivity contribution is 9.11. The van der Waals surface area contributed by atoms with Crippen LogP contribution in [0.2, 0.25) is 0 Å². The monoisotopic (exact) mass is 524 g/mol. The van der Waals surface area contributed by atoms with Crippen molar-refractivity contribution in [3.63, 3.8) is 0 Å². The minimum Gasteiger partial charge on any atom is -0.482 e. The second-order valence-electron chi connectivity index (χ2n) is 6.76. The Morgan fingerprint density at radius 2 is 2.03 bits per heavy atom. The van der Waals surface area contributed by atoms with Crippen LogP contribution < -0.4 is 15.4 Å². The standard InChI is InChI=1S/C21H22Br2N2O4/c1-13-9-14(22)10-17(23)20(13)29-12-19(26)25-18-7-3-2-6-16(18)21(27)24-11-15-5-4-8-28-15/h2-3,6-7,9-10,15H,4-5,8,11-12H2,1H3,(H,24,27)(H,25,26). The van der Waals surface area contributed by atoms with Crippen LogP contribution in [0.4, 0.5) is 5.69 Å². The molecule has 1 aliphatic heterocycles. The third-order valence-electron chi connectivity index (χ3n) is 4.50. The van der Waals surface area contributed by atoms with Gasteiger partial charge in [-0.15, -0.1) is 0 Å². The van der Waals surface area contributed by atoms with Gasteiger partial charge in [0.25, 0.3) is 11.8 Å². The van der Waals surface area contributed by atoms with Gasteiger partial charge in [-0.1, -0.05) is 28.1 Å². The van der Waals surface area contributed by atoms with Crippen LogP contribution in [-0.2, 0) is 9.53 Å². The van der Waals surface area contributed by atoms with Crippen LogP contribution in [0.15, 0.2) is 45.3 Å². The molecule has 2 aromatic rings. The van der Waals surface area contributed by atoms with E-state index in [0.717, 1.165) is 34.0 Å². The predicted octanol–water partition coefficient (Wildman–Crippen LogP) is 4.45. The second-order valence-corrected chi connectivity index (χ2v) is 8.53. The Bertz CT molecular complexity index is 875. The number of ether oxygens (including phenoxy) is 2. The Morgan fingerprint density at radius 1 is 1.24 bits per heavy atom. The molecule has 0 bridgehead atoms. The molecule has 0 spiro atoms. The minimum absolute atomic E-state index is 0.0571. The van der Waals surface area contributed by atoms with Gasteiger partial charge in [0.2, 0.25) is 0 Å². The fourth-order valence-electron chi connectivity index (χ4n) is 3.09. The number of benzene rings is 2. The van der Waals surface area contributed by atoms with Crippen LogP contribution in [0, 0.1) is 6.92 Å². The molecular weight excluding hydrogens is 504 g/mol. The molecule has 0 saturated carbocycles. The zero-order valence-electron chi connectivity index (χ0n) is 16.0. The summed E-state index contributed by atoms with van der Waals surface area (Å²) in [6.45, 7) is 2.92. The van der Waals surface area contributed by atoms with Gasteiger partial charge in [-0.05, 0) is 65.5 Å². The molecule has 8 heteroatoms. The highest BCUT2D eigenvalue weighted by Crippen LogP contribution is 2.32. The second kappa shape index (κ2) is 10.2. The van der Waals surface area contributed by atoms with Crippen molar-refractivity contribution in [1.29, 1.82) is 0 Å². The first-order valence-electron chi connectivity index (χ1n) is 9.31. The smallest absolute Gasteiger partial charge is 0.262 e. The number of halogens is 2.